The molecule has 188 valence electrons. The quantitative estimate of drug-likeness (QED) is 0.397. The molecule has 0 aliphatic carbocycles. The number of fused-ring (bicyclic) bond motifs is 1. The molecule has 36 heavy (non-hydrogen) atoms. The van der Waals surface area contributed by atoms with E-state index in [1.807, 2.05) is 19.1 Å². The maximum Gasteiger partial charge on any atom is 0.294 e. The van der Waals surface area contributed by atoms with E-state index in [0.29, 0.717) is 0 Å². The van der Waals surface area contributed by atoms with Crippen molar-refractivity contribution in [2.45, 2.75) is 44.0 Å². The predicted octanol–water partition coefficient (Wildman–Crippen LogP) is 4.65. The van der Waals surface area contributed by atoms with Crippen LogP contribution in [0.5, 0.6) is 0 Å². The normalized spacial score (nSPS) is 16.0. The molecule has 1 atom stereocenters. The highest BCUT2D eigenvalue weighted by atomic mass is 32.2. The summed E-state index contributed by atoms with van der Waals surface area (Å²) in [7, 11) is -4.02. The van der Waals surface area contributed by atoms with Crippen LogP contribution in [0, 0.1) is 6.92 Å². The number of hydrogen-bond donors (Lipinski definition) is 1. The Kier molecular flexibility index (Phi) is 7.98. The summed E-state index contributed by atoms with van der Waals surface area (Å²) in [4.78, 5) is 14.5. The van der Waals surface area contributed by atoms with E-state index in [2.05, 4.69) is 41.2 Å². The second kappa shape index (κ2) is 11.2. The van der Waals surface area contributed by atoms with Gasteiger partial charge < -0.3 is 4.90 Å². The van der Waals surface area contributed by atoms with Gasteiger partial charge in [-0.05, 0) is 86.3 Å². The smallest absolute Gasteiger partial charge is 0.294 e. The van der Waals surface area contributed by atoms with E-state index in [0.717, 1.165) is 35.6 Å². The van der Waals surface area contributed by atoms with E-state index in [1.54, 1.807) is 24.4 Å². The van der Waals surface area contributed by atoms with Crippen molar-refractivity contribution in [3.05, 3.63) is 100 Å². The SMILES string of the molecule is C[C@@H]1CCCN1CCc1ccc2cc(-n3ncccc3=O)ccc2c1.Cc1ccc(S(=O)(=O)O)cc1. The van der Waals surface area contributed by atoms with Gasteiger partial charge >= 0.3 is 0 Å². The molecule has 1 aliphatic heterocycles. The summed E-state index contributed by atoms with van der Waals surface area (Å²) < 4.78 is 31.0. The zero-order valence-electron chi connectivity index (χ0n) is 20.5. The summed E-state index contributed by atoms with van der Waals surface area (Å²) in [6, 6.07) is 22.6. The van der Waals surface area contributed by atoms with Crippen LogP contribution in [0.3, 0.4) is 0 Å². The summed E-state index contributed by atoms with van der Waals surface area (Å²) in [5.74, 6) is 0. The van der Waals surface area contributed by atoms with Gasteiger partial charge in [0.2, 0.25) is 0 Å². The predicted molar refractivity (Wildman–Crippen MR) is 142 cm³/mol. The highest BCUT2D eigenvalue weighted by molar-refractivity contribution is 7.85. The molecule has 8 heteroatoms. The Hall–Kier alpha value is -3.33. The average molecular weight is 506 g/mol. The van der Waals surface area contributed by atoms with Crippen LogP contribution in [0.1, 0.15) is 30.9 Å². The van der Waals surface area contributed by atoms with Crippen molar-refractivity contribution < 1.29 is 13.0 Å². The lowest BCUT2D eigenvalue weighted by molar-refractivity contribution is 0.272. The minimum absolute atomic E-state index is 0.0666. The molecule has 1 N–H and O–H groups in total. The van der Waals surface area contributed by atoms with E-state index in [-0.39, 0.29) is 10.5 Å². The number of nitrogens with zero attached hydrogens (tertiary/aromatic N) is 3. The standard InChI is InChI=1S/C21H23N3O.C7H8O3S/c1-16-4-3-12-23(16)13-10-17-6-7-19-15-20(9-8-18(19)14-17)24-21(25)5-2-11-22-24;1-6-2-4-7(5-3-6)11(8,9)10/h2,5-9,11,14-16H,3-4,10,12-13H2,1H3;2-5H,1H3,(H,8,9,10)/t16-;/m1./s1. The third kappa shape index (κ3) is 6.46. The summed E-state index contributed by atoms with van der Waals surface area (Å²) in [6.45, 7) is 6.53. The van der Waals surface area contributed by atoms with Crippen LogP contribution in [0.15, 0.2) is 88.7 Å². The summed E-state index contributed by atoms with van der Waals surface area (Å²) in [5.41, 5.74) is 3.02. The van der Waals surface area contributed by atoms with Crippen LogP contribution in [0.4, 0.5) is 0 Å². The van der Waals surface area contributed by atoms with Crippen LogP contribution < -0.4 is 5.56 Å². The molecule has 0 unspecified atom stereocenters. The minimum Gasteiger partial charge on any atom is -0.300 e. The minimum atomic E-state index is -4.02. The molecule has 1 aromatic heterocycles. The highest BCUT2D eigenvalue weighted by Gasteiger charge is 2.19. The van der Waals surface area contributed by atoms with Crippen LogP contribution in [0.2, 0.25) is 0 Å². The molecule has 1 fully saturated rings. The van der Waals surface area contributed by atoms with Gasteiger partial charge in [-0.15, -0.1) is 0 Å². The number of aromatic nitrogens is 2. The van der Waals surface area contributed by atoms with Crippen molar-refractivity contribution in [3.63, 3.8) is 0 Å². The van der Waals surface area contributed by atoms with E-state index in [1.165, 1.54) is 53.2 Å². The molecule has 3 aromatic carbocycles. The van der Waals surface area contributed by atoms with Gasteiger partial charge in [0.15, 0.2) is 0 Å². The summed E-state index contributed by atoms with van der Waals surface area (Å²) in [6.07, 6.45) is 5.37. The molecule has 0 amide bonds. The third-order valence-corrected chi connectivity index (χ3v) is 7.41. The van der Waals surface area contributed by atoms with Crippen molar-refractivity contribution in [2.24, 2.45) is 0 Å². The van der Waals surface area contributed by atoms with Crippen LogP contribution in [-0.2, 0) is 16.5 Å². The van der Waals surface area contributed by atoms with E-state index < -0.39 is 10.1 Å². The molecule has 1 aliphatic rings. The van der Waals surface area contributed by atoms with Crippen LogP contribution in [0.25, 0.3) is 16.5 Å². The molecular weight excluding hydrogens is 474 g/mol. The molecular formula is C28H31N3O4S. The van der Waals surface area contributed by atoms with Crippen molar-refractivity contribution in [1.29, 1.82) is 0 Å². The van der Waals surface area contributed by atoms with Gasteiger partial charge in [0.25, 0.3) is 15.7 Å². The number of likely N-dealkylation sites (tertiary alicyclic amines) is 1. The zero-order valence-corrected chi connectivity index (χ0v) is 21.4. The second-order valence-corrected chi connectivity index (χ2v) is 10.6. The van der Waals surface area contributed by atoms with Gasteiger partial charge in [0, 0.05) is 24.8 Å². The first-order valence-corrected chi connectivity index (χ1v) is 13.5. The fourth-order valence-corrected chi connectivity index (χ4v) is 4.91. The summed E-state index contributed by atoms with van der Waals surface area (Å²) >= 11 is 0. The number of hydrogen-bond acceptors (Lipinski definition) is 5. The lowest BCUT2D eigenvalue weighted by Crippen LogP contribution is -2.28. The van der Waals surface area contributed by atoms with Crippen LogP contribution >= 0.6 is 0 Å². The van der Waals surface area contributed by atoms with Gasteiger partial charge in [-0.25, -0.2) is 0 Å². The van der Waals surface area contributed by atoms with E-state index in [4.69, 9.17) is 4.55 Å². The number of benzene rings is 3. The Morgan fingerprint density at radius 2 is 1.72 bits per heavy atom. The molecule has 5 rings (SSSR count). The van der Waals surface area contributed by atoms with Crippen molar-refractivity contribution in [3.8, 4) is 5.69 Å². The largest absolute Gasteiger partial charge is 0.300 e. The fraction of sp³-hybridized carbons (Fsp3) is 0.286. The molecule has 0 spiro atoms. The Balaban J connectivity index is 0.000000233. The lowest BCUT2D eigenvalue weighted by atomic mass is 10.0. The van der Waals surface area contributed by atoms with Gasteiger partial charge in [-0.1, -0.05) is 42.0 Å². The van der Waals surface area contributed by atoms with Crippen molar-refractivity contribution >= 4 is 20.9 Å². The van der Waals surface area contributed by atoms with Crippen LogP contribution in [-0.4, -0.2) is 46.8 Å². The van der Waals surface area contributed by atoms with E-state index in [9.17, 15) is 13.2 Å². The fourth-order valence-electron chi connectivity index (χ4n) is 4.43. The third-order valence-electron chi connectivity index (χ3n) is 6.55. The van der Waals surface area contributed by atoms with Crippen molar-refractivity contribution in [1.82, 2.24) is 14.7 Å². The lowest BCUT2D eigenvalue weighted by Gasteiger charge is -2.20. The molecule has 0 radical (unpaired) electrons. The molecule has 2 heterocycles. The highest BCUT2D eigenvalue weighted by Crippen LogP contribution is 2.21. The second-order valence-electron chi connectivity index (χ2n) is 9.20. The topological polar surface area (TPSA) is 92.5 Å². The van der Waals surface area contributed by atoms with Gasteiger partial charge in [0.05, 0.1) is 10.6 Å². The first-order valence-electron chi connectivity index (χ1n) is 12.1. The van der Waals surface area contributed by atoms with E-state index >= 15 is 0 Å². The first-order chi connectivity index (χ1) is 17.2. The van der Waals surface area contributed by atoms with Gasteiger partial charge in [-0.3, -0.25) is 9.35 Å². The van der Waals surface area contributed by atoms with Gasteiger partial charge in [0.1, 0.15) is 0 Å². The average Bonchev–Trinajstić information content (AvgIpc) is 3.27. The molecule has 7 nitrogen and oxygen atoms in total. The maximum absolute atomic E-state index is 11.9. The molecule has 0 bridgehead atoms. The maximum atomic E-state index is 11.9. The van der Waals surface area contributed by atoms with Gasteiger partial charge in [-0.2, -0.15) is 18.2 Å². The molecule has 4 aromatic rings. The number of aryl methyl sites for hydroxylation is 1. The zero-order chi connectivity index (χ0) is 25.7. The molecule has 1 saturated heterocycles. The number of rotatable bonds is 5. The first kappa shape index (κ1) is 25.8. The Labute approximate surface area is 211 Å². The monoisotopic (exact) mass is 505 g/mol. The Morgan fingerprint density at radius 1 is 1.00 bits per heavy atom. The Bertz CT molecular complexity index is 1500. The summed E-state index contributed by atoms with van der Waals surface area (Å²) in [5, 5.41) is 6.49. The van der Waals surface area contributed by atoms with Crippen molar-refractivity contribution in [2.75, 3.05) is 13.1 Å². The molecule has 0 saturated carbocycles. The Morgan fingerprint density at radius 3 is 2.39 bits per heavy atom.